The second-order valence-corrected chi connectivity index (χ2v) is 8.26. The van der Waals surface area contributed by atoms with Gasteiger partial charge in [-0.05, 0) is 51.2 Å². The van der Waals surface area contributed by atoms with Gasteiger partial charge in [0.25, 0.3) is 5.56 Å². The molecule has 7 nitrogen and oxygen atoms in total. The zero-order valence-corrected chi connectivity index (χ0v) is 18.0. The van der Waals surface area contributed by atoms with E-state index in [1.165, 1.54) is 11.6 Å². The molecule has 2 aromatic heterocycles. The van der Waals surface area contributed by atoms with E-state index in [1.807, 2.05) is 26.0 Å². The quantitative estimate of drug-likeness (QED) is 0.680. The van der Waals surface area contributed by atoms with Crippen molar-refractivity contribution in [3.8, 4) is 11.3 Å². The molecule has 2 N–H and O–H groups in total. The van der Waals surface area contributed by atoms with Gasteiger partial charge in [-0.25, -0.2) is 15.0 Å². The lowest BCUT2D eigenvalue weighted by atomic mass is 10.00. The van der Waals surface area contributed by atoms with E-state index < -0.39 is 0 Å². The maximum absolute atomic E-state index is 12.3. The maximum Gasteiger partial charge on any atom is 0.252 e. The SMILES string of the molecule is Cc1ccc(Nc2nc(-c3cnc(N4CCC(C)CC4)nc3C)cc(=O)[nH]2)c(C)c1. The number of aryl methyl sites for hydroxylation is 3. The molecule has 30 heavy (non-hydrogen) atoms. The van der Waals surface area contributed by atoms with Crippen LogP contribution < -0.4 is 15.8 Å². The normalized spacial score (nSPS) is 14.7. The zero-order valence-electron chi connectivity index (χ0n) is 18.0. The van der Waals surface area contributed by atoms with Gasteiger partial charge in [0.2, 0.25) is 11.9 Å². The van der Waals surface area contributed by atoms with E-state index in [2.05, 4.69) is 45.1 Å². The molecule has 1 fully saturated rings. The Morgan fingerprint density at radius 3 is 2.57 bits per heavy atom. The summed E-state index contributed by atoms with van der Waals surface area (Å²) >= 11 is 0. The Labute approximate surface area is 176 Å². The minimum Gasteiger partial charge on any atom is -0.341 e. The molecule has 1 saturated heterocycles. The van der Waals surface area contributed by atoms with Crippen molar-refractivity contribution in [2.75, 3.05) is 23.3 Å². The number of aromatic amines is 1. The molecule has 7 heteroatoms. The Morgan fingerprint density at radius 2 is 1.87 bits per heavy atom. The first-order valence-corrected chi connectivity index (χ1v) is 10.4. The summed E-state index contributed by atoms with van der Waals surface area (Å²) in [5.74, 6) is 1.91. The fourth-order valence-corrected chi connectivity index (χ4v) is 3.80. The summed E-state index contributed by atoms with van der Waals surface area (Å²) < 4.78 is 0. The van der Waals surface area contributed by atoms with Crippen molar-refractivity contribution in [3.63, 3.8) is 0 Å². The molecule has 0 aliphatic carbocycles. The largest absolute Gasteiger partial charge is 0.341 e. The fraction of sp³-hybridized carbons (Fsp3) is 0.391. The van der Waals surface area contributed by atoms with Gasteiger partial charge in [-0.1, -0.05) is 24.6 Å². The Balaban J connectivity index is 1.61. The molecule has 0 bridgehead atoms. The number of benzene rings is 1. The number of anilines is 3. The summed E-state index contributed by atoms with van der Waals surface area (Å²) in [6.45, 7) is 10.3. The van der Waals surface area contributed by atoms with Gasteiger partial charge >= 0.3 is 0 Å². The van der Waals surface area contributed by atoms with Crippen molar-refractivity contribution >= 4 is 17.6 Å². The molecular weight excluding hydrogens is 376 g/mol. The van der Waals surface area contributed by atoms with Crippen molar-refractivity contribution in [1.29, 1.82) is 0 Å². The van der Waals surface area contributed by atoms with Crippen LogP contribution in [0.4, 0.5) is 17.6 Å². The van der Waals surface area contributed by atoms with E-state index in [0.717, 1.165) is 60.3 Å². The lowest BCUT2D eigenvalue weighted by Crippen LogP contribution is -2.34. The summed E-state index contributed by atoms with van der Waals surface area (Å²) in [5, 5.41) is 3.22. The smallest absolute Gasteiger partial charge is 0.252 e. The van der Waals surface area contributed by atoms with E-state index in [-0.39, 0.29) is 5.56 Å². The highest BCUT2D eigenvalue weighted by atomic mass is 16.1. The van der Waals surface area contributed by atoms with Crippen LogP contribution in [0.2, 0.25) is 0 Å². The minimum absolute atomic E-state index is 0.222. The molecule has 1 aliphatic rings. The van der Waals surface area contributed by atoms with Crippen molar-refractivity contribution in [2.24, 2.45) is 5.92 Å². The second-order valence-electron chi connectivity index (χ2n) is 8.26. The van der Waals surface area contributed by atoms with Crippen LogP contribution in [0.25, 0.3) is 11.3 Å². The summed E-state index contributed by atoms with van der Waals surface area (Å²) in [6.07, 6.45) is 4.10. The highest BCUT2D eigenvalue weighted by molar-refractivity contribution is 5.65. The molecule has 4 rings (SSSR count). The van der Waals surface area contributed by atoms with Gasteiger partial charge in [-0.3, -0.25) is 9.78 Å². The molecule has 3 heterocycles. The lowest BCUT2D eigenvalue weighted by Gasteiger charge is -2.30. The van der Waals surface area contributed by atoms with Crippen LogP contribution in [0.1, 0.15) is 36.6 Å². The second kappa shape index (κ2) is 8.26. The Hall–Kier alpha value is -3.22. The molecule has 0 saturated carbocycles. The summed E-state index contributed by atoms with van der Waals surface area (Å²) in [4.78, 5) is 31.2. The highest BCUT2D eigenvalue weighted by Gasteiger charge is 2.19. The first kappa shape index (κ1) is 20.1. The monoisotopic (exact) mass is 404 g/mol. The van der Waals surface area contributed by atoms with Gasteiger partial charge in [0.15, 0.2) is 0 Å². The van der Waals surface area contributed by atoms with Crippen molar-refractivity contribution in [3.05, 3.63) is 57.6 Å². The predicted molar refractivity (Wildman–Crippen MR) is 120 cm³/mol. The first-order valence-electron chi connectivity index (χ1n) is 10.4. The van der Waals surface area contributed by atoms with Crippen molar-refractivity contribution in [1.82, 2.24) is 19.9 Å². The summed E-state index contributed by atoms with van der Waals surface area (Å²) in [5.41, 5.74) is 5.09. The molecule has 0 radical (unpaired) electrons. The number of H-pyrrole nitrogens is 1. The van der Waals surface area contributed by atoms with Crippen molar-refractivity contribution in [2.45, 2.75) is 40.5 Å². The molecule has 1 aliphatic heterocycles. The molecule has 156 valence electrons. The lowest BCUT2D eigenvalue weighted by molar-refractivity contribution is 0.434. The molecule has 0 unspecified atom stereocenters. The minimum atomic E-state index is -0.222. The number of hydrogen-bond acceptors (Lipinski definition) is 6. The first-order chi connectivity index (χ1) is 14.4. The van der Waals surface area contributed by atoms with E-state index in [9.17, 15) is 4.79 Å². The molecular formula is C23H28N6O. The number of nitrogens with one attached hydrogen (secondary N) is 2. The van der Waals surface area contributed by atoms with Crippen LogP contribution in [-0.2, 0) is 0 Å². The van der Waals surface area contributed by atoms with Gasteiger partial charge in [0.1, 0.15) is 0 Å². The van der Waals surface area contributed by atoms with Crippen LogP contribution in [0.15, 0.2) is 35.3 Å². The van der Waals surface area contributed by atoms with Crippen LogP contribution in [0, 0.1) is 26.7 Å². The average molecular weight is 405 g/mol. The number of nitrogens with zero attached hydrogens (tertiary/aromatic N) is 4. The number of aromatic nitrogens is 4. The van der Waals surface area contributed by atoms with Gasteiger partial charge in [0, 0.05) is 36.6 Å². The molecule has 0 amide bonds. The topological polar surface area (TPSA) is 86.8 Å². The van der Waals surface area contributed by atoms with Crippen LogP contribution in [0.5, 0.6) is 0 Å². The number of rotatable bonds is 4. The fourth-order valence-electron chi connectivity index (χ4n) is 3.80. The molecule has 1 aromatic carbocycles. The van der Waals surface area contributed by atoms with Gasteiger partial charge < -0.3 is 10.2 Å². The Morgan fingerprint density at radius 1 is 1.10 bits per heavy atom. The van der Waals surface area contributed by atoms with E-state index >= 15 is 0 Å². The Bertz CT molecular complexity index is 1110. The molecule has 3 aromatic rings. The van der Waals surface area contributed by atoms with Gasteiger partial charge in [-0.2, -0.15) is 0 Å². The maximum atomic E-state index is 12.3. The molecule has 0 atom stereocenters. The van der Waals surface area contributed by atoms with Crippen LogP contribution >= 0.6 is 0 Å². The van der Waals surface area contributed by atoms with Gasteiger partial charge in [-0.15, -0.1) is 0 Å². The standard InChI is InChI=1S/C23H28N6O/c1-14-7-9-29(10-8-14)23-24-13-18(17(4)25-23)20-12-21(30)28-22(27-20)26-19-6-5-15(2)11-16(19)3/h5-6,11-14H,7-10H2,1-4H3,(H2,26,27,28,30). The summed E-state index contributed by atoms with van der Waals surface area (Å²) in [7, 11) is 0. The number of piperidine rings is 1. The van der Waals surface area contributed by atoms with E-state index in [4.69, 9.17) is 4.98 Å². The molecule has 0 spiro atoms. The number of hydrogen-bond donors (Lipinski definition) is 2. The highest BCUT2D eigenvalue weighted by Crippen LogP contribution is 2.25. The summed E-state index contributed by atoms with van der Waals surface area (Å²) in [6, 6.07) is 7.58. The van der Waals surface area contributed by atoms with Crippen molar-refractivity contribution < 1.29 is 0 Å². The third kappa shape index (κ3) is 4.35. The van der Waals surface area contributed by atoms with Gasteiger partial charge in [0.05, 0.1) is 11.4 Å². The van der Waals surface area contributed by atoms with Crippen LogP contribution in [-0.4, -0.2) is 33.0 Å². The van der Waals surface area contributed by atoms with Crippen LogP contribution in [0.3, 0.4) is 0 Å². The van der Waals surface area contributed by atoms with E-state index in [0.29, 0.717) is 11.6 Å². The average Bonchev–Trinajstić information content (AvgIpc) is 2.70. The third-order valence-electron chi connectivity index (χ3n) is 5.69. The predicted octanol–water partition coefficient (Wildman–Crippen LogP) is 4.13. The van der Waals surface area contributed by atoms with E-state index in [1.54, 1.807) is 6.20 Å². The Kier molecular flexibility index (Phi) is 5.53. The zero-order chi connectivity index (χ0) is 21.3. The third-order valence-corrected chi connectivity index (χ3v) is 5.69.